The number of aliphatic hydroxyl groups excluding tert-OH is 1. The standard InChI is InChI=1S/C10H14IN3O/c1-10(2)5-14(4-8(10)15)9-7(11)3-12-6-13-9/h3,6,8,15H,4-5H2,1-2H3. The average Bonchev–Trinajstić information content (AvgIpc) is 2.42. The van der Waals surface area contributed by atoms with E-state index in [1.54, 1.807) is 12.5 Å². The van der Waals surface area contributed by atoms with E-state index in [-0.39, 0.29) is 11.5 Å². The van der Waals surface area contributed by atoms with Crippen LogP contribution in [0, 0.1) is 8.99 Å². The molecule has 1 saturated heterocycles. The monoisotopic (exact) mass is 319 g/mol. The van der Waals surface area contributed by atoms with Gasteiger partial charge in [0, 0.05) is 24.7 Å². The van der Waals surface area contributed by atoms with Gasteiger partial charge < -0.3 is 10.0 Å². The van der Waals surface area contributed by atoms with Gasteiger partial charge in [-0.05, 0) is 22.6 Å². The van der Waals surface area contributed by atoms with Crippen LogP contribution >= 0.6 is 22.6 Å². The van der Waals surface area contributed by atoms with Crippen molar-refractivity contribution in [1.82, 2.24) is 9.97 Å². The lowest BCUT2D eigenvalue weighted by atomic mass is 9.90. The summed E-state index contributed by atoms with van der Waals surface area (Å²) in [5.74, 6) is 0.926. The maximum atomic E-state index is 9.89. The molecule has 0 spiro atoms. The van der Waals surface area contributed by atoms with Crippen LogP contribution in [0.5, 0.6) is 0 Å². The Morgan fingerprint density at radius 1 is 1.60 bits per heavy atom. The van der Waals surface area contributed by atoms with Gasteiger partial charge in [-0.15, -0.1) is 0 Å². The van der Waals surface area contributed by atoms with Crippen LogP contribution in [0.1, 0.15) is 13.8 Å². The summed E-state index contributed by atoms with van der Waals surface area (Å²) in [5, 5.41) is 9.89. The molecule has 1 aromatic heterocycles. The molecule has 1 unspecified atom stereocenters. The molecule has 82 valence electrons. The Hall–Kier alpha value is -0.430. The van der Waals surface area contributed by atoms with E-state index >= 15 is 0 Å². The second-order valence-corrected chi connectivity index (χ2v) is 5.74. The van der Waals surface area contributed by atoms with E-state index in [1.807, 2.05) is 0 Å². The summed E-state index contributed by atoms with van der Waals surface area (Å²) >= 11 is 2.22. The molecule has 0 aromatic carbocycles. The maximum Gasteiger partial charge on any atom is 0.145 e. The molecule has 15 heavy (non-hydrogen) atoms. The topological polar surface area (TPSA) is 49.2 Å². The Kier molecular flexibility index (Phi) is 2.85. The Bertz CT molecular complexity index is 369. The fourth-order valence-corrected chi connectivity index (χ4v) is 2.46. The molecule has 0 radical (unpaired) electrons. The van der Waals surface area contributed by atoms with Crippen molar-refractivity contribution in [2.45, 2.75) is 20.0 Å². The molecule has 1 N–H and O–H groups in total. The van der Waals surface area contributed by atoms with Gasteiger partial charge in [-0.1, -0.05) is 13.8 Å². The zero-order valence-corrected chi connectivity index (χ0v) is 11.0. The number of aromatic nitrogens is 2. The van der Waals surface area contributed by atoms with E-state index in [4.69, 9.17) is 0 Å². The van der Waals surface area contributed by atoms with Crippen molar-refractivity contribution in [2.75, 3.05) is 18.0 Å². The summed E-state index contributed by atoms with van der Waals surface area (Å²) in [6.45, 7) is 5.64. The van der Waals surface area contributed by atoms with E-state index in [1.165, 1.54) is 0 Å². The van der Waals surface area contributed by atoms with Crippen molar-refractivity contribution in [2.24, 2.45) is 5.41 Å². The van der Waals surface area contributed by atoms with Crippen molar-refractivity contribution < 1.29 is 5.11 Å². The van der Waals surface area contributed by atoms with Crippen LogP contribution in [0.2, 0.25) is 0 Å². The largest absolute Gasteiger partial charge is 0.391 e. The third-order valence-corrected chi connectivity index (χ3v) is 3.60. The Labute approximate surface area is 103 Å². The molecule has 2 heterocycles. The molecule has 0 bridgehead atoms. The van der Waals surface area contributed by atoms with Crippen LogP contribution in [0.4, 0.5) is 5.82 Å². The first-order valence-corrected chi connectivity index (χ1v) is 5.97. The summed E-state index contributed by atoms with van der Waals surface area (Å²) < 4.78 is 1.03. The smallest absolute Gasteiger partial charge is 0.145 e. The van der Waals surface area contributed by atoms with Gasteiger partial charge in [0.05, 0.1) is 9.67 Å². The fourth-order valence-electron chi connectivity index (χ4n) is 1.82. The molecular formula is C10H14IN3O. The quantitative estimate of drug-likeness (QED) is 0.793. The lowest BCUT2D eigenvalue weighted by Crippen LogP contribution is -2.26. The molecule has 1 atom stereocenters. The van der Waals surface area contributed by atoms with Crippen LogP contribution in [0.3, 0.4) is 0 Å². The number of hydrogen-bond acceptors (Lipinski definition) is 4. The molecule has 0 amide bonds. The molecule has 1 aromatic rings. The summed E-state index contributed by atoms with van der Waals surface area (Å²) in [4.78, 5) is 10.3. The summed E-state index contributed by atoms with van der Waals surface area (Å²) in [7, 11) is 0. The van der Waals surface area contributed by atoms with Gasteiger partial charge in [0.1, 0.15) is 12.1 Å². The molecule has 1 fully saturated rings. The minimum Gasteiger partial charge on any atom is -0.391 e. The summed E-state index contributed by atoms with van der Waals surface area (Å²) in [6.07, 6.45) is 3.05. The predicted molar refractivity (Wildman–Crippen MR) is 66.7 cm³/mol. The minimum atomic E-state index is -0.289. The van der Waals surface area contributed by atoms with E-state index in [0.717, 1.165) is 15.9 Å². The van der Waals surface area contributed by atoms with Gasteiger partial charge >= 0.3 is 0 Å². The van der Waals surface area contributed by atoms with E-state index in [9.17, 15) is 5.11 Å². The van der Waals surface area contributed by atoms with Gasteiger partial charge in [-0.25, -0.2) is 9.97 Å². The lowest BCUT2D eigenvalue weighted by Gasteiger charge is -2.21. The summed E-state index contributed by atoms with van der Waals surface area (Å²) in [6, 6.07) is 0. The molecule has 1 aliphatic heterocycles. The van der Waals surface area contributed by atoms with Gasteiger partial charge in [0.25, 0.3) is 0 Å². The Morgan fingerprint density at radius 2 is 2.33 bits per heavy atom. The van der Waals surface area contributed by atoms with Gasteiger partial charge in [0.2, 0.25) is 0 Å². The number of β-amino-alcohol motifs (C(OH)–C–C–N with tert-alkyl or cyclic N) is 1. The Balaban J connectivity index is 2.25. The highest BCUT2D eigenvalue weighted by Crippen LogP contribution is 2.33. The molecule has 1 aliphatic rings. The molecular weight excluding hydrogens is 305 g/mol. The van der Waals surface area contributed by atoms with Crippen molar-refractivity contribution in [3.63, 3.8) is 0 Å². The van der Waals surface area contributed by atoms with Crippen molar-refractivity contribution in [1.29, 1.82) is 0 Å². The number of hydrogen-bond donors (Lipinski definition) is 1. The number of halogens is 1. The number of nitrogens with zero attached hydrogens (tertiary/aromatic N) is 3. The second kappa shape index (κ2) is 3.86. The normalized spacial score (nSPS) is 24.5. The first-order valence-electron chi connectivity index (χ1n) is 4.89. The number of anilines is 1. The number of aliphatic hydroxyl groups is 1. The average molecular weight is 319 g/mol. The molecule has 4 nitrogen and oxygen atoms in total. The van der Waals surface area contributed by atoms with Crippen molar-refractivity contribution in [3.8, 4) is 0 Å². The van der Waals surface area contributed by atoms with Crippen LogP contribution in [0.15, 0.2) is 12.5 Å². The van der Waals surface area contributed by atoms with Crippen LogP contribution < -0.4 is 4.90 Å². The van der Waals surface area contributed by atoms with Crippen molar-refractivity contribution >= 4 is 28.4 Å². The molecule has 5 heteroatoms. The highest BCUT2D eigenvalue weighted by Gasteiger charge is 2.39. The van der Waals surface area contributed by atoms with Gasteiger partial charge in [0.15, 0.2) is 0 Å². The van der Waals surface area contributed by atoms with Crippen LogP contribution in [-0.2, 0) is 0 Å². The predicted octanol–water partition coefficient (Wildman–Crippen LogP) is 1.29. The third kappa shape index (κ3) is 2.08. The SMILES string of the molecule is CC1(C)CN(c2ncncc2I)CC1O. The zero-order valence-electron chi connectivity index (χ0n) is 8.81. The number of rotatable bonds is 1. The highest BCUT2D eigenvalue weighted by atomic mass is 127. The second-order valence-electron chi connectivity index (χ2n) is 4.58. The fraction of sp³-hybridized carbons (Fsp3) is 0.600. The minimum absolute atomic E-state index is 0.0615. The van der Waals surface area contributed by atoms with Gasteiger partial charge in [-0.3, -0.25) is 0 Å². The van der Waals surface area contributed by atoms with E-state index in [2.05, 4.69) is 51.3 Å². The first kappa shape index (κ1) is 11.1. The Morgan fingerprint density at radius 3 is 2.87 bits per heavy atom. The first-order chi connectivity index (χ1) is 7.00. The molecule has 0 saturated carbocycles. The zero-order chi connectivity index (χ0) is 11.1. The van der Waals surface area contributed by atoms with Crippen LogP contribution in [0.25, 0.3) is 0 Å². The summed E-state index contributed by atoms with van der Waals surface area (Å²) in [5.41, 5.74) is -0.0615. The third-order valence-electron chi connectivity index (χ3n) is 2.84. The highest BCUT2D eigenvalue weighted by molar-refractivity contribution is 14.1. The van der Waals surface area contributed by atoms with Gasteiger partial charge in [-0.2, -0.15) is 0 Å². The van der Waals surface area contributed by atoms with E-state index < -0.39 is 0 Å². The van der Waals surface area contributed by atoms with Crippen LogP contribution in [-0.4, -0.2) is 34.3 Å². The molecule has 2 rings (SSSR count). The lowest BCUT2D eigenvalue weighted by molar-refractivity contribution is 0.0964. The van der Waals surface area contributed by atoms with Crippen molar-refractivity contribution in [3.05, 3.63) is 16.1 Å². The van der Waals surface area contributed by atoms with E-state index in [0.29, 0.717) is 6.54 Å². The molecule has 0 aliphatic carbocycles. The maximum absolute atomic E-state index is 9.89.